The van der Waals surface area contributed by atoms with Crippen LogP contribution in [0.5, 0.6) is 0 Å². The highest BCUT2D eigenvalue weighted by Crippen LogP contribution is 2.08. The standard InChI is InChI=1S/C16H25N5O/c1-4-22-10-6-9-18-16(17-3)19-11-14-12-21-13(2)7-5-8-15(21)20-14/h5,7-8,12H,4,6,9-11H2,1-3H3,(H2,17,18,19). The predicted molar refractivity (Wildman–Crippen MR) is 89.2 cm³/mol. The lowest BCUT2D eigenvalue weighted by Gasteiger charge is -2.10. The number of aromatic nitrogens is 2. The summed E-state index contributed by atoms with van der Waals surface area (Å²) in [5.41, 5.74) is 3.14. The van der Waals surface area contributed by atoms with Crippen molar-refractivity contribution < 1.29 is 4.74 Å². The summed E-state index contributed by atoms with van der Waals surface area (Å²) >= 11 is 0. The van der Waals surface area contributed by atoms with E-state index in [1.54, 1.807) is 7.05 Å². The predicted octanol–water partition coefficient (Wildman–Crippen LogP) is 1.73. The number of aryl methyl sites for hydroxylation is 1. The van der Waals surface area contributed by atoms with Gasteiger partial charge in [-0.1, -0.05) is 6.07 Å². The molecule has 0 atom stereocenters. The molecule has 6 nitrogen and oxygen atoms in total. The van der Waals surface area contributed by atoms with Gasteiger partial charge in [0.1, 0.15) is 5.65 Å². The van der Waals surface area contributed by atoms with Gasteiger partial charge in [-0.05, 0) is 32.4 Å². The lowest BCUT2D eigenvalue weighted by molar-refractivity contribution is 0.145. The van der Waals surface area contributed by atoms with E-state index < -0.39 is 0 Å². The second-order valence-corrected chi connectivity index (χ2v) is 5.03. The maximum absolute atomic E-state index is 5.31. The summed E-state index contributed by atoms with van der Waals surface area (Å²) in [5, 5.41) is 6.55. The monoisotopic (exact) mass is 303 g/mol. The van der Waals surface area contributed by atoms with Crippen LogP contribution < -0.4 is 10.6 Å². The summed E-state index contributed by atoms with van der Waals surface area (Å²) in [4.78, 5) is 8.81. The topological polar surface area (TPSA) is 63.0 Å². The van der Waals surface area contributed by atoms with Gasteiger partial charge >= 0.3 is 0 Å². The largest absolute Gasteiger partial charge is 0.382 e. The molecule has 120 valence electrons. The fourth-order valence-electron chi connectivity index (χ4n) is 2.20. The van der Waals surface area contributed by atoms with E-state index in [1.165, 1.54) is 5.69 Å². The van der Waals surface area contributed by atoms with E-state index in [-0.39, 0.29) is 0 Å². The van der Waals surface area contributed by atoms with E-state index in [0.717, 1.165) is 43.5 Å². The molecule has 0 saturated heterocycles. The number of pyridine rings is 1. The summed E-state index contributed by atoms with van der Waals surface area (Å²) < 4.78 is 7.40. The van der Waals surface area contributed by atoms with Crippen molar-refractivity contribution in [1.82, 2.24) is 20.0 Å². The SMILES string of the molecule is CCOCCCNC(=NC)NCc1cn2c(C)cccc2n1. The van der Waals surface area contributed by atoms with Gasteiger partial charge in [0.25, 0.3) is 0 Å². The minimum atomic E-state index is 0.645. The Kier molecular flexibility index (Phi) is 6.21. The maximum Gasteiger partial charge on any atom is 0.191 e. The van der Waals surface area contributed by atoms with E-state index in [1.807, 2.05) is 19.1 Å². The maximum atomic E-state index is 5.31. The molecule has 2 aromatic rings. The van der Waals surface area contributed by atoms with Crippen molar-refractivity contribution in [2.24, 2.45) is 4.99 Å². The molecule has 0 bridgehead atoms. The molecule has 0 aliphatic rings. The molecular weight excluding hydrogens is 278 g/mol. The number of nitrogens with one attached hydrogen (secondary N) is 2. The Balaban J connectivity index is 1.83. The number of guanidine groups is 1. The van der Waals surface area contributed by atoms with Crippen LogP contribution in [-0.4, -0.2) is 42.2 Å². The molecule has 2 rings (SSSR count). The highest BCUT2D eigenvalue weighted by molar-refractivity contribution is 5.79. The zero-order chi connectivity index (χ0) is 15.8. The number of rotatable bonds is 7. The molecule has 0 aliphatic carbocycles. The van der Waals surface area contributed by atoms with E-state index in [0.29, 0.717) is 6.54 Å². The van der Waals surface area contributed by atoms with Gasteiger partial charge in [-0.3, -0.25) is 4.99 Å². The molecule has 0 fully saturated rings. The van der Waals surface area contributed by atoms with Crippen LogP contribution in [0.4, 0.5) is 0 Å². The second kappa shape index (κ2) is 8.38. The van der Waals surface area contributed by atoms with Crippen LogP contribution in [0, 0.1) is 6.92 Å². The van der Waals surface area contributed by atoms with Gasteiger partial charge < -0.3 is 19.8 Å². The van der Waals surface area contributed by atoms with Gasteiger partial charge in [0.05, 0.1) is 12.2 Å². The van der Waals surface area contributed by atoms with Gasteiger partial charge in [0, 0.05) is 38.7 Å². The number of imidazole rings is 1. The quantitative estimate of drug-likeness (QED) is 0.464. The summed E-state index contributed by atoms with van der Waals surface area (Å²) in [6.45, 7) is 7.10. The molecule has 2 heterocycles. The van der Waals surface area contributed by atoms with Gasteiger partial charge in [-0.2, -0.15) is 0 Å². The summed E-state index contributed by atoms with van der Waals surface area (Å²) in [6.07, 6.45) is 3.02. The minimum Gasteiger partial charge on any atom is -0.382 e. The van der Waals surface area contributed by atoms with Crippen LogP contribution in [-0.2, 0) is 11.3 Å². The molecule has 0 amide bonds. The van der Waals surface area contributed by atoms with Crippen molar-refractivity contribution in [2.75, 3.05) is 26.8 Å². The molecule has 0 aliphatic heterocycles. The Bertz CT molecular complexity index is 620. The first kappa shape index (κ1) is 16.3. The number of aliphatic imine (C=N–C) groups is 1. The molecular formula is C16H25N5O. The number of nitrogens with zero attached hydrogens (tertiary/aromatic N) is 3. The minimum absolute atomic E-state index is 0.645. The molecule has 22 heavy (non-hydrogen) atoms. The average molecular weight is 303 g/mol. The zero-order valence-electron chi connectivity index (χ0n) is 13.6. The van der Waals surface area contributed by atoms with Crippen LogP contribution in [0.1, 0.15) is 24.7 Å². The van der Waals surface area contributed by atoms with Crippen LogP contribution in [0.2, 0.25) is 0 Å². The van der Waals surface area contributed by atoms with Crippen molar-refractivity contribution in [3.8, 4) is 0 Å². The summed E-state index contributed by atoms with van der Waals surface area (Å²) in [6, 6.07) is 6.11. The van der Waals surface area contributed by atoms with Crippen LogP contribution in [0.15, 0.2) is 29.4 Å². The highest BCUT2D eigenvalue weighted by Gasteiger charge is 2.04. The molecule has 0 radical (unpaired) electrons. The molecule has 2 N–H and O–H groups in total. The Morgan fingerprint density at radius 1 is 1.36 bits per heavy atom. The summed E-state index contributed by atoms with van der Waals surface area (Å²) in [5.74, 6) is 0.783. The first-order chi connectivity index (χ1) is 10.7. The van der Waals surface area contributed by atoms with Crippen molar-refractivity contribution >= 4 is 11.6 Å². The van der Waals surface area contributed by atoms with Gasteiger partial charge in [-0.25, -0.2) is 4.98 Å². The first-order valence-electron chi connectivity index (χ1n) is 7.70. The zero-order valence-corrected chi connectivity index (χ0v) is 13.6. The average Bonchev–Trinajstić information content (AvgIpc) is 2.94. The fraction of sp³-hybridized carbons (Fsp3) is 0.500. The van der Waals surface area contributed by atoms with E-state index in [4.69, 9.17) is 4.74 Å². The highest BCUT2D eigenvalue weighted by atomic mass is 16.5. The number of fused-ring (bicyclic) bond motifs is 1. The van der Waals surface area contributed by atoms with E-state index in [2.05, 4.69) is 44.2 Å². The van der Waals surface area contributed by atoms with Crippen molar-refractivity contribution in [2.45, 2.75) is 26.8 Å². The third-order valence-electron chi connectivity index (χ3n) is 3.37. The van der Waals surface area contributed by atoms with Crippen LogP contribution in [0.3, 0.4) is 0 Å². The smallest absolute Gasteiger partial charge is 0.191 e. The van der Waals surface area contributed by atoms with E-state index >= 15 is 0 Å². The van der Waals surface area contributed by atoms with Crippen molar-refractivity contribution in [1.29, 1.82) is 0 Å². The molecule has 0 unspecified atom stereocenters. The normalized spacial score (nSPS) is 11.9. The molecule has 6 heteroatoms. The summed E-state index contributed by atoms with van der Waals surface area (Å²) in [7, 11) is 1.77. The van der Waals surface area contributed by atoms with Gasteiger partial charge in [0.15, 0.2) is 5.96 Å². The Labute approximate surface area is 131 Å². The second-order valence-electron chi connectivity index (χ2n) is 5.03. The number of ether oxygens (including phenoxy) is 1. The third-order valence-corrected chi connectivity index (χ3v) is 3.37. The Morgan fingerprint density at radius 3 is 2.95 bits per heavy atom. The first-order valence-corrected chi connectivity index (χ1v) is 7.70. The fourth-order valence-corrected chi connectivity index (χ4v) is 2.20. The molecule has 0 spiro atoms. The molecule has 0 aromatic carbocycles. The number of hydrogen-bond acceptors (Lipinski definition) is 3. The molecule has 2 aromatic heterocycles. The van der Waals surface area contributed by atoms with Crippen molar-refractivity contribution in [3.63, 3.8) is 0 Å². The Hall–Kier alpha value is -2.08. The van der Waals surface area contributed by atoms with Crippen LogP contribution >= 0.6 is 0 Å². The van der Waals surface area contributed by atoms with Gasteiger partial charge in [0.2, 0.25) is 0 Å². The van der Waals surface area contributed by atoms with Crippen LogP contribution in [0.25, 0.3) is 5.65 Å². The Morgan fingerprint density at radius 2 is 2.23 bits per heavy atom. The molecule has 0 saturated carbocycles. The van der Waals surface area contributed by atoms with Gasteiger partial charge in [-0.15, -0.1) is 0 Å². The lowest BCUT2D eigenvalue weighted by atomic mass is 10.4. The lowest BCUT2D eigenvalue weighted by Crippen LogP contribution is -2.37. The van der Waals surface area contributed by atoms with Crippen molar-refractivity contribution in [3.05, 3.63) is 35.8 Å². The third kappa shape index (κ3) is 4.46. The van der Waals surface area contributed by atoms with E-state index in [9.17, 15) is 0 Å². The number of hydrogen-bond donors (Lipinski definition) is 2.